The smallest absolute Gasteiger partial charge is 0.328 e. The van der Waals surface area contributed by atoms with Crippen molar-refractivity contribution in [2.75, 3.05) is 0 Å². The summed E-state index contributed by atoms with van der Waals surface area (Å²) in [7, 11) is 0. The fourth-order valence-corrected chi connectivity index (χ4v) is 0.519. The van der Waals surface area contributed by atoms with Crippen LogP contribution in [0, 0.1) is 0 Å². The highest BCUT2D eigenvalue weighted by Gasteiger charge is 1.99. The lowest BCUT2D eigenvalue weighted by Gasteiger charge is -2.04. The Morgan fingerprint density at radius 3 is 2.45 bits per heavy atom. The number of ether oxygens (including phenoxy) is 1. The molecule has 0 aromatic heterocycles. The van der Waals surface area contributed by atoms with Gasteiger partial charge in [0.1, 0.15) is 6.10 Å². The highest BCUT2D eigenvalue weighted by molar-refractivity contribution is 5.79. The zero-order chi connectivity index (χ0) is 8.85. The lowest BCUT2D eigenvalue weighted by atomic mass is 10.3. The molecule has 0 heterocycles. The molecule has 1 unspecified atom stereocenters. The summed E-state index contributed by atoms with van der Waals surface area (Å²) in [5.74, 6) is -1.48. The first-order chi connectivity index (χ1) is 5.02. The maximum atomic E-state index is 10.3. The van der Waals surface area contributed by atoms with Crippen molar-refractivity contribution >= 4 is 11.9 Å². The van der Waals surface area contributed by atoms with Crippen LogP contribution in [0.15, 0.2) is 12.2 Å². The number of hydrogen-bond donors (Lipinski definition) is 1. The van der Waals surface area contributed by atoms with E-state index in [9.17, 15) is 9.59 Å². The van der Waals surface area contributed by atoms with Crippen molar-refractivity contribution < 1.29 is 19.4 Å². The van der Waals surface area contributed by atoms with Gasteiger partial charge in [-0.1, -0.05) is 0 Å². The van der Waals surface area contributed by atoms with Gasteiger partial charge >= 0.3 is 11.9 Å². The summed E-state index contributed by atoms with van der Waals surface area (Å²) >= 11 is 0. The average molecular weight is 158 g/mol. The number of hydrogen-bond acceptors (Lipinski definition) is 3. The van der Waals surface area contributed by atoms with Crippen LogP contribution >= 0.6 is 0 Å². The largest absolute Gasteiger partial charge is 0.478 e. The molecular weight excluding hydrogens is 148 g/mol. The Morgan fingerprint density at radius 2 is 2.09 bits per heavy atom. The van der Waals surface area contributed by atoms with Gasteiger partial charge in [0.25, 0.3) is 0 Å². The van der Waals surface area contributed by atoms with E-state index >= 15 is 0 Å². The van der Waals surface area contributed by atoms with Crippen LogP contribution in [0.1, 0.15) is 13.8 Å². The van der Waals surface area contributed by atoms with Crippen LogP contribution in [-0.4, -0.2) is 23.1 Å². The Hall–Kier alpha value is -1.32. The Bertz CT molecular complexity index is 183. The molecule has 0 saturated carbocycles. The van der Waals surface area contributed by atoms with Gasteiger partial charge in [0.05, 0.1) is 0 Å². The minimum absolute atomic E-state index is 0.424. The average Bonchev–Trinajstić information content (AvgIpc) is 1.82. The molecule has 0 rings (SSSR count). The lowest BCUT2D eigenvalue weighted by molar-refractivity contribution is -0.143. The summed E-state index contributed by atoms with van der Waals surface area (Å²) < 4.78 is 4.61. The highest BCUT2D eigenvalue weighted by Crippen LogP contribution is 1.92. The molecule has 0 aromatic carbocycles. The van der Waals surface area contributed by atoms with Crippen molar-refractivity contribution in [1.29, 1.82) is 0 Å². The summed E-state index contributed by atoms with van der Waals surface area (Å²) in [6, 6.07) is 0. The minimum Gasteiger partial charge on any atom is -0.478 e. The SMILES string of the molecule is CC(=O)OC(C)/C=C/C(=O)O. The molecule has 0 bridgehead atoms. The second-order valence-corrected chi connectivity index (χ2v) is 2.01. The van der Waals surface area contributed by atoms with Crippen molar-refractivity contribution in [3.8, 4) is 0 Å². The van der Waals surface area contributed by atoms with Crippen molar-refractivity contribution in [2.45, 2.75) is 20.0 Å². The van der Waals surface area contributed by atoms with Gasteiger partial charge in [0.2, 0.25) is 0 Å². The van der Waals surface area contributed by atoms with Crippen molar-refractivity contribution in [3.05, 3.63) is 12.2 Å². The molecule has 0 radical (unpaired) electrons. The van der Waals surface area contributed by atoms with Crippen molar-refractivity contribution in [1.82, 2.24) is 0 Å². The van der Waals surface area contributed by atoms with E-state index in [1.54, 1.807) is 6.92 Å². The van der Waals surface area contributed by atoms with E-state index in [-0.39, 0.29) is 0 Å². The number of esters is 1. The van der Waals surface area contributed by atoms with Crippen LogP contribution in [0.5, 0.6) is 0 Å². The van der Waals surface area contributed by atoms with Gasteiger partial charge in [-0.2, -0.15) is 0 Å². The van der Waals surface area contributed by atoms with Gasteiger partial charge < -0.3 is 9.84 Å². The number of carboxylic acids is 1. The molecule has 0 aromatic rings. The van der Waals surface area contributed by atoms with Gasteiger partial charge in [0, 0.05) is 13.0 Å². The fraction of sp³-hybridized carbons (Fsp3) is 0.429. The summed E-state index contributed by atoms with van der Waals surface area (Å²) in [5.41, 5.74) is 0. The maximum absolute atomic E-state index is 10.3. The van der Waals surface area contributed by atoms with Gasteiger partial charge in [0.15, 0.2) is 0 Å². The zero-order valence-electron chi connectivity index (χ0n) is 6.40. The Labute approximate surface area is 64.5 Å². The number of rotatable bonds is 3. The number of aliphatic carboxylic acids is 1. The number of carbonyl (C=O) groups is 2. The van der Waals surface area contributed by atoms with Gasteiger partial charge in [-0.05, 0) is 13.0 Å². The molecule has 0 fully saturated rings. The maximum Gasteiger partial charge on any atom is 0.328 e. The molecule has 0 amide bonds. The molecule has 1 N–H and O–H groups in total. The van der Waals surface area contributed by atoms with Crippen LogP contribution in [0.3, 0.4) is 0 Å². The van der Waals surface area contributed by atoms with Crippen molar-refractivity contribution in [3.63, 3.8) is 0 Å². The monoisotopic (exact) mass is 158 g/mol. The summed E-state index contributed by atoms with van der Waals surface area (Å²) in [6.07, 6.45) is 1.75. The quantitative estimate of drug-likeness (QED) is 0.482. The summed E-state index contributed by atoms with van der Waals surface area (Å²) in [4.78, 5) is 20.3. The fourth-order valence-electron chi connectivity index (χ4n) is 0.519. The molecule has 0 saturated heterocycles. The molecule has 4 heteroatoms. The van der Waals surface area contributed by atoms with E-state index in [1.807, 2.05) is 0 Å². The summed E-state index contributed by atoms with van der Waals surface area (Å²) in [6.45, 7) is 2.85. The van der Waals surface area contributed by atoms with Gasteiger partial charge in [-0.15, -0.1) is 0 Å². The molecule has 62 valence electrons. The first-order valence-electron chi connectivity index (χ1n) is 3.10. The Balaban J connectivity index is 3.77. The second-order valence-electron chi connectivity index (χ2n) is 2.01. The molecule has 0 aliphatic rings. The van der Waals surface area contributed by atoms with Gasteiger partial charge in [-0.3, -0.25) is 4.79 Å². The predicted octanol–water partition coefficient (Wildman–Crippen LogP) is 0.579. The van der Waals surface area contributed by atoms with Crippen molar-refractivity contribution in [2.24, 2.45) is 0 Å². The molecule has 1 atom stereocenters. The third-order valence-electron chi connectivity index (χ3n) is 0.862. The Morgan fingerprint density at radius 1 is 1.55 bits per heavy atom. The standard InChI is InChI=1S/C7H10O4/c1-5(11-6(2)8)3-4-7(9)10/h3-5H,1-2H3,(H,9,10)/b4-3+. The lowest BCUT2D eigenvalue weighted by Crippen LogP contribution is -2.09. The van der Waals surface area contributed by atoms with E-state index in [1.165, 1.54) is 13.0 Å². The van der Waals surface area contributed by atoms with Crippen LogP contribution in [0.4, 0.5) is 0 Å². The normalized spacial score (nSPS) is 12.9. The second kappa shape index (κ2) is 4.49. The van der Waals surface area contributed by atoms with E-state index < -0.39 is 18.0 Å². The van der Waals surface area contributed by atoms with Crippen LogP contribution in [0.2, 0.25) is 0 Å². The zero-order valence-corrected chi connectivity index (χ0v) is 6.40. The van der Waals surface area contributed by atoms with Gasteiger partial charge in [-0.25, -0.2) is 4.79 Å². The predicted molar refractivity (Wildman–Crippen MR) is 38.0 cm³/mol. The molecule has 0 aliphatic heterocycles. The molecule has 0 aliphatic carbocycles. The van der Waals surface area contributed by atoms with Crippen LogP contribution in [-0.2, 0) is 14.3 Å². The first-order valence-corrected chi connectivity index (χ1v) is 3.10. The number of carbonyl (C=O) groups excluding carboxylic acids is 1. The molecule has 0 spiro atoms. The third-order valence-corrected chi connectivity index (χ3v) is 0.862. The topological polar surface area (TPSA) is 63.6 Å². The number of carboxylic acid groups (broad SMARTS) is 1. The third kappa shape index (κ3) is 6.57. The highest BCUT2D eigenvalue weighted by atomic mass is 16.5. The van der Waals surface area contributed by atoms with Crippen LogP contribution < -0.4 is 0 Å². The molecule has 4 nitrogen and oxygen atoms in total. The van der Waals surface area contributed by atoms with E-state index in [4.69, 9.17) is 5.11 Å². The first kappa shape index (κ1) is 9.68. The van der Waals surface area contributed by atoms with E-state index in [0.29, 0.717) is 0 Å². The Kier molecular flexibility index (Phi) is 3.95. The minimum atomic E-state index is -1.05. The van der Waals surface area contributed by atoms with Crippen LogP contribution in [0.25, 0.3) is 0 Å². The van der Waals surface area contributed by atoms with E-state index in [0.717, 1.165) is 6.08 Å². The molecular formula is C7H10O4. The van der Waals surface area contributed by atoms with E-state index in [2.05, 4.69) is 4.74 Å². The summed E-state index contributed by atoms with van der Waals surface area (Å²) in [5, 5.41) is 8.17. The molecule has 11 heavy (non-hydrogen) atoms.